The average Bonchev–Trinajstić information content (AvgIpc) is 2.89. The van der Waals surface area contributed by atoms with Crippen LogP contribution >= 0.6 is 0 Å². The highest BCUT2D eigenvalue weighted by Gasteiger charge is 2.29. The van der Waals surface area contributed by atoms with Crippen LogP contribution in [0.1, 0.15) is 59.4 Å². The highest BCUT2D eigenvalue weighted by atomic mass is 16.5. The summed E-state index contributed by atoms with van der Waals surface area (Å²) in [6, 6.07) is 12.5. The van der Waals surface area contributed by atoms with Crippen molar-refractivity contribution in [3.63, 3.8) is 0 Å². The summed E-state index contributed by atoms with van der Waals surface area (Å²) in [7, 11) is 0. The molecule has 2 saturated heterocycles. The maximum atomic E-state index is 12.9. The fourth-order valence-corrected chi connectivity index (χ4v) is 4.97. The molecular weight excluding hydrogens is 458 g/mol. The van der Waals surface area contributed by atoms with E-state index >= 15 is 0 Å². The van der Waals surface area contributed by atoms with Gasteiger partial charge in [0.25, 0.3) is 17.7 Å². The zero-order valence-electron chi connectivity index (χ0n) is 21.3. The first-order valence-electron chi connectivity index (χ1n) is 12.7. The minimum Gasteiger partial charge on any atom is -0.484 e. The number of rotatable bonds is 6. The monoisotopic (exact) mass is 493 g/mol. The quantitative estimate of drug-likeness (QED) is 0.660. The molecule has 2 atom stereocenters. The van der Waals surface area contributed by atoms with E-state index in [0.29, 0.717) is 48.9 Å². The van der Waals surface area contributed by atoms with Gasteiger partial charge in [-0.25, -0.2) is 0 Å². The molecule has 0 bridgehead atoms. The number of nitrogens with one attached hydrogen (secondary N) is 1. The Kier molecular flexibility index (Phi) is 8.25. The van der Waals surface area contributed by atoms with Crippen LogP contribution in [0, 0.1) is 6.92 Å². The Balaban J connectivity index is 1.36. The van der Waals surface area contributed by atoms with Crippen LogP contribution in [-0.4, -0.2) is 72.5 Å². The largest absolute Gasteiger partial charge is 0.484 e. The van der Waals surface area contributed by atoms with Gasteiger partial charge in [-0.05, 0) is 82.0 Å². The predicted molar refractivity (Wildman–Crippen MR) is 137 cm³/mol. The maximum Gasteiger partial charge on any atom is 0.260 e. The highest BCUT2D eigenvalue weighted by molar-refractivity contribution is 6.06. The zero-order chi connectivity index (χ0) is 25.7. The Morgan fingerprint density at radius 1 is 1.00 bits per heavy atom. The molecular formula is C28H35N3O5. The Morgan fingerprint density at radius 2 is 1.67 bits per heavy atom. The molecule has 36 heavy (non-hydrogen) atoms. The number of likely N-dealkylation sites (tertiary alicyclic amines) is 1. The van der Waals surface area contributed by atoms with Gasteiger partial charge >= 0.3 is 0 Å². The van der Waals surface area contributed by atoms with Crippen LogP contribution in [0.25, 0.3) is 0 Å². The van der Waals surface area contributed by atoms with Crippen LogP contribution in [0.3, 0.4) is 0 Å². The zero-order valence-corrected chi connectivity index (χ0v) is 21.3. The van der Waals surface area contributed by atoms with Gasteiger partial charge in [0.2, 0.25) is 0 Å². The number of anilines is 1. The molecule has 3 amide bonds. The van der Waals surface area contributed by atoms with Gasteiger partial charge in [0, 0.05) is 42.0 Å². The van der Waals surface area contributed by atoms with Crippen LogP contribution in [0.5, 0.6) is 5.75 Å². The summed E-state index contributed by atoms with van der Waals surface area (Å²) in [6.45, 7) is 8.16. The SMILES string of the molecule is Cc1c(NC(=O)c2ccc(OCC(=O)N3C(C)CCCC3C)cc2)cccc1C(=O)N1CCOCC1. The number of carbonyl (C=O) groups excluding carboxylic acids is 3. The fraction of sp³-hybridized carbons (Fsp3) is 0.464. The van der Waals surface area contributed by atoms with Gasteiger partial charge in [-0.2, -0.15) is 0 Å². The number of hydrogen-bond donors (Lipinski definition) is 1. The van der Waals surface area contributed by atoms with Gasteiger partial charge in [-0.1, -0.05) is 6.07 Å². The maximum absolute atomic E-state index is 12.9. The van der Waals surface area contributed by atoms with Crippen molar-refractivity contribution < 1.29 is 23.9 Å². The van der Waals surface area contributed by atoms with E-state index in [1.165, 1.54) is 0 Å². The molecule has 192 valence electrons. The van der Waals surface area contributed by atoms with Crippen LogP contribution in [0.2, 0.25) is 0 Å². The number of carbonyl (C=O) groups is 3. The van der Waals surface area contributed by atoms with Crippen molar-refractivity contribution in [2.24, 2.45) is 0 Å². The van der Waals surface area contributed by atoms with Gasteiger partial charge in [-0.15, -0.1) is 0 Å². The lowest BCUT2D eigenvalue weighted by Gasteiger charge is -2.38. The minimum atomic E-state index is -0.285. The Hall–Kier alpha value is -3.39. The molecule has 0 saturated carbocycles. The molecule has 8 heteroatoms. The summed E-state index contributed by atoms with van der Waals surface area (Å²) >= 11 is 0. The van der Waals surface area contributed by atoms with Crippen LogP contribution in [-0.2, 0) is 9.53 Å². The summed E-state index contributed by atoms with van der Waals surface area (Å²) in [6.07, 6.45) is 3.18. The number of ether oxygens (including phenoxy) is 2. The number of piperidine rings is 1. The van der Waals surface area contributed by atoms with Crippen molar-refractivity contribution in [3.8, 4) is 5.75 Å². The van der Waals surface area contributed by atoms with Gasteiger partial charge in [0.15, 0.2) is 6.61 Å². The summed E-state index contributed by atoms with van der Waals surface area (Å²) in [5.74, 6) is 0.175. The van der Waals surface area contributed by atoms with Crippen molar-refractivity contribution >= 4 is 23.4 Å². The lowest BCUT2D eigenvalue weighted by molar-refractivity contribution is -0.139. The van der Waals surface area contributed by atoms with Crippen molar-refractivity contribution in [3.05, 3.63) is 59.2 Å². The first kappa shape index (κ1) is 25.7. The van der Waals surface area contributed by atoms with Crippen molar-refractivity contribution in [1.82, 2.24) is 9.80 Å². The molecule has 2 aliphatic heterocycles. The average molecular weight is 494 g/mol. The molecule has 0 aromatic heterocycles. The lowest BCUT2D eigenvalue weighted by Crippen LogP contribution is -2.49. The van der Waals surface area contributed by atoms with Gasteiger partial charge in [-0.3, -0.25) is 14.4 Å². The van der Waals surface area contributed by atoms with Gasteiger partial charge in [0.05, 0.1) is 13.2 Å². The fourth-order valence-electron chi connectivity index (χ4n) is 4.97. The number of amides is 3. The highest BCUT2D eigenvalue weighted by Crippen LogP contribution is 2.24. The molecule has 2 aromatic carbocycles. The Labute approximate surface area is 212 Å². The first-order chi connectivity index (χ1) is 17.3. The predicted octanol–water partition coefficient (Wildman–Crippen LogP) is 3.89. The number of benzene rings is 2. The van der Waals surface area contributed by atoms with Crippen LogP contribution < -0.4 is 10.1 Å². The smallest absolute Gasteiger partial charge is 0.260 e. The van der Waals surface area contributed by atoms with Gasteiger partial charge in [0.1, 0.15) is 5.75 Å². The van der Waals surface area contributed by atoms with E-state index in [0.717, 1.165) is 24.8 Å². The number of hydrogen-bond acceptors (Lipinski definition) is 5. The van der Waals surface area contributed by atoms with Gasteiger partial charge < -0.3 is 24.6 Å². The normalized spacial score (nSPS) is 20.1. The summed E-state index contributed by atoms with van der Waals surface area (Å²) in [4.78, 5) is 42.2. The second-order valence-corrected chi connectivity index (χ2v) is 9.58. The second kappa shape index (κ2) is 11.6. The molecule has 2 aromatic rings. The molecule has 4 rings (SSSR count). The molecule has 2 aliphatic rings. The third kappa shape index (κ3) is 5.87. The molecule has 0 spiro atoms. The second-order valence-electron chi connectivity index (χ2n) is 9.58. The van der Waals surface area contributed by atoms with Crippen molar-refractivity contribution in [1.29, 1.82) is 0 Å². The lowest BCUT2D eigenvalue weighted by atomic mass is 9.97. The van der Waals surface area contributed by atoms with E-state index in [9.17, 15) is 14.4 Å². The van der Waals surface area contributed by atoms with Crippen molar-refractivity contribution in [2.45, 2.75) is 52.1 Å². The van der Waals surface area contributed by atoms with E-state index in [4.69, 9.17) is 9.47 Å². The molecule has 2 fully saturated rings. The first-order valence-corrected chi connectivity index (χ1v) is 12.7. The summed E-state index contributed by atoms with van der Waals surface area (Å²) in [5, 5.41) is 2.91. The van der Waals surface area contributed by atoms with E-state index in [-0.39, 0.29) is 36.4 Å². The molecule has 1 N–H and O–H groups in total. The van der Waals surface area contributed by atoms with E-state index < -0.39 is 0 Å². The summed E-state index contributed by atoms with van der Waals surface area (Å²) < 4.78 is 11.0. The van der Waals surface area contributed by atoms with Crippen LogP contribution in [0.4, 0.5) is 5.69 Å². The Morgan fingerprint density at radius 3 is 2.33 bits per heavy atom. The van der Waals surface area contributed by atoms with Crippen LogP contribution in [0.15, 0.2) is 42.5 Å². The third-order valence-electron chi connectivity index (χ3n) is 7.07. The van der Waals surface area contributed by atoms with E-state index in [1.54, 1.807) is 47.4 Å². The minimum absolute atomic E-state index is 0.0153. The van der Waals surface area contributed by atoms with Crippen molar-refractivity contribution in [2.75, 3.05) is 38.2 Å². The molecule has 8 nitrogen and oxygen atoms in total. The number of nitrogens with zero attached hydrogens (tertiary/aromatic N) is 2. The summed E-state index contributed by atoms with van der Waals surface area (Å²) in [5.41, 5.74) is 2.34. The standard InChI is InChI=1S/C28H35N3O5/c1-19-6-4-7-20(2)31(19)26(32)18-36-23-12-10-22(11-13-23)27(33)29-25-9-5-8-24(21(25)3)28(34)30-14-16-35-17-15-30/h5,8-13,19-20H,4,6-7,14-18H2,1-3H3,(H,29,33). The topological polar surface area (TPSA) is 88.2 Å². The molecule has 2 heterocycles. The van der Waals surface area contributed by atoms with E-state index in [2.05, 4.69) is 19.2 Å². The third-order valence-corrected chi connectivity index (χ3v) is 7.07. The van der Waals surface area contributed by atoms with E-state index in [1.807, 2.05) is 11.8 Å². The molecule has 0 aliphatic carbocycles. The molecule has 2 unspecified atom stereocenters. The molecule has 0 radical (unpaired) electrons. The number of morpholine rings is 1. The Bertz CT molecular complexity index is 1080.